The molecule has 0 radical (unpaired) electrons. The smallest absolute Gasteiger partial charge is 0.167 e. The quantitative estimate of drug-likeness (QED) is 0.854. The van der Waals surface area contributed by atoms with Gasteiger partial charge in [-0.3, -0.25) is 4.79 Å². The van der Waals surface area contributed by atoms with Crippen molar-refractivity contribution < 1.29 is 4.79 Å². The summed E-state index contributed by atoms with van der Waals surface area (Å²) in [6.07, 6.45) is 0.820. The highest BCUT2D eigenvalue weighted by molar-refractivity contribution is 9.10. The van der Waals surface area contributed by atoms with Gasteiger partial charge in [0.2, 0.25) is 0 Å². The fourth-order valence-electron chi connectivity index (χ4n) is 1.45. The molecule has 0 fully saturated rings. The van der Waals surface area contributed by atoms with Gasteiger partial charge in [-0.2, -0.15) is 0 Å². The van der Waals surface area contributed by atoms with Crippen molar-refractivity contribution in [2.45, 2.75) is 26.3 Å². The summed E-state index contributed by atoms with van der Waals surface area (Å²) in [5, 5.41) is 0. The normalized spacial score (nSPS) is 14.7. The lowest BCUT2D eigenvalue weighted by Gasteiger charge is -2.16. The Balaban J connectivity index is 2.85. The van der Waals surface area contributed by atoms with Crippen molar-refractivity contribution >= 4 is 21.7 Å². The molecule has 0 spiro atoms. The van der Waals surface area contributed by atoms with Crippen molar-refractivity contribution in [2.75, 3.05) is 0 Å². The molecule has 0 aliphatic rings. The molecule has 2 nitrogen and oxygen atoms in total. The number of carbonyl (C=O) groups excluding carboxylic acids is 1. The highest BCUT2D eigenvalue weighted by atomic mass is 79.9. The Labute approximate surface area is 99.0 Å². The van der Waals surface area contributed by atoms with Crippen LogP contribution >= 0.6 is 15.9 Å². The summed E-state index contributed by atoms with van der Waals surface area (Å²) in [7, 11) is 0. The van der Waals surface area contributed by atoms with Crippen molar-refractivity contribution in [2.24, 2.45) is 11.7 Å². The van der Waals surface area contributed by atoms with Crippen LogP contribution in [0.1, 0.15) is 30.6 Å². The molecule has 0 saturated heterocycles. The van der Waals surface area contributed by atoms with Gasteiger partial charge in [0, 0.05) is 22.0 Å². The second-order valence-electron chi connectivity index (χ2n) is 3.74. The minimum Gasteiger partial charge on any atom is -0.327 e. The Kier molecular flexibility index (Phi) is 4.48. The van der Waals surface area contributed by atoms with Gasteiger partial charge in [0.05, 0.1) is 0 Å². The summed E-state index contributed by atoms with van der Waals surface area (Å²) in [6.45, 7) is 3.88. The lowest BCUT2D eigenvalue weighted by molar-refractivity contribution is 0.0912. The van der Waals surface area contributed by atoms with Gasteiger partial charge in [-0.1, -0.05) is 41.9 Å². The molecule has 2 atom stereocenters. The maximum atomic E-state index is 12.0. The first-order valence-corrected chi connectivity index (χ1v) is 5.91. The van der Waals surface area contributed by atoms with E-state index in [1.165, 1.54) is 0 Å². The molecular weight excluding hydrogens is 254 g/mol. The SMILES string of the molecule is CCC(N)C(C)C(=O)c1cccc(Br)c1. The van der Waals surface area contributed by atoms with Crippen LogP contribution in [-0.2, 0) is 0 Å². The standard InChI is InChI=1S/C12H16BrNO/c1-3-11(14)8(2)12(15)9-5-4-6-10(13)7-9/h4-8,11H,3,14H2,1-2H3. The Morgan fingerprint density at radius 3 is 2.73 bits per heavy atom. The van der Waals surface area contributed by atoms with E-state index in [4.69, 9.17) is 5.73 Å². The van der Waals surface area contributed by atoms with E-state index in [1.807, 2.05) is 38.1 Å². The molecule has 2 N–H and O–H groups in total. The van der Waals surface area contributed by atoms with Crippen LogP contribution in [0.3, 0.4) is 0 Å². The largest absolute Gasteiger partial charge is 0.327 e. The highest BCUT2D eigenvalue weighted by Crippen LogP contribution is 2.17. The molecule has 15 heavy (non-hydrogen) atoms. The minimum absolute atomic E-state index is 0.0588. The molecule has 3 heteroatoms. The van der Waals surface area contributed by atoms with Gasteiger partial charge in [-0.25, -0.2) is 0 Å². The van der Waals surface area contributed by atoms with Crippen LogP contribution in [-0.4, -0.2) is 11.8 Å². The second-order valence-corrected chi connectivity index (χ2v) is 4.65. The van der Waals surface area contributed by atoms with Crippen LogP contribution in [0.5, 0.6) is 0 Å². The third kappa shape index (κ3) is 3.14. The molecule has 0 aromatic heterocycles. The first kappa shape index (κ1) is 12.4. The first-order chi connectivity index (χ1) is 7.06. The summed E-state index contributed by atoms with van der Waals surface area (Å²) < 4.78 is 0.922. The van der Waals surface area contributed by atoms with E-state index in [1.54, 1.807) is 0 Å². The zero-order valence-electron chi connectivity index (χ0n) is 9.03. The maximum Gasteiger partial charge on any atom is 0.167 e. The van der Waals surface area contributed by atoms with E-state index in [0.717, 1.165) is 16.5 Å². The van der Waals surface area contributed by atoms with Gasteiger partial charge in [0.25, 0.3) is 0 Å². The van der Waals surface area contributed by atoms with Crippen LogP contribution < -0.4 is 5.73 Å². The van der Waals surface area contributed by atoms with Crippen molar-refractivity contribution in [3.8, 4) is 0 Å². The molecule has 0 aliphatic heterocycles. The Morgan fingerprint density at radius 1 is 1.53 bits per heavy atom. The fraction of sp³-hybridized carbons (Fsp3) is 0.417. The molecule has 0 saturated carbocycles. The number of halogens is 1. The molecule has 1 aromatic carbocycles. The van der Waals surface area contributed by atoms with Gasteiger partial charge in [0.15, 0.2) is 5.78 Å². The second kappa shape index (κ2) is 5.42. The van der Waals surface area contributed by atoms with E-state index in [0.29, 0.717) is 0 Å². The predicted molar refractivity (Wildman–Crippen MR) is 65.9 cm³/mol. The minimum atomic E-state index is -0.121. The fourth-order valence-corrected chi connectivity index (χ4v) is 1.85. The molecular formula is C12H16BrNO. The topological polar surface area (TPSA) is 43.1 Å². The Bertz CT molecular complexity index is 351. The number of hydrogen-bond acceptors (Lipinski definition) is 2. The van der Waals surface area contributed by atoms with Gasteiger partial charge in [-0.05, 0) is 18.6 Å². The third-order valence-electron chi connectivity index (χ3n) is 2.64. The zero-order chi connectivity index (χ0) is 11.4. The maximum absolute atomic E-state index is 12.0. The number of Topliss-reactive ketones (excluding diaryl/α,β-unsaturated/α-hetero) is 1. The van der Waals surface area contributed by atoms with E-state index >= 15 is 0 Å². The Hall–Kier alpha value is -0.670. The van der Waals surface area contributed by atoms with Gasteiger partial charge in [0.1, 0.15) is 0 Å². The van der Waals surface area contributed by atoms with Crippen LogP contribution in [0.2, 0.25) is 0 Å². The van der Waals surface area contributed by atoms with Crippen molar-refractivity contribution in [3.05, 3.63) is 34.3 Å². The lowest BCUT2D eigenvalue weighted by atomic mass is 9.92. The number of nitrogens with two attached hydrogens (primary N) is 1. The molecule has 1 rings (SSSR count). The van der Waals surface area contributed by atoms with Gasteiger partial charge >= 0.3 is 0 Å². The van der Waals surface area contributed by atoms with Crippen molar-refractivity contribution in [1.29, 1.82) is 0 Å². The number of rotatable bonds is 4. The van der Waals surface area contributed by atoms with E-state index < -0.39 is 0 Å². The van der Waals surface area contributed by atoms with E-state index in [2.05, 4.69) is 15.9 Å². The number of benzene rings is 1. The average molecular weight is 270 g/mol. The summed E-state index contributed by atoms with van der Waals surface area (Å²) in [4.78, 5) is 12.0. The van der Waals surface area contributed by atoms with Gasteiger partial charge < -0.3 is 5.73 Å². The Morgan fingerprint density at radius 2 is 2.20 bits per heavy atom. The summed E-state index contributed by atoms with van der Waals surface area (Å²) in [5.74, 6) is -0.00468. The molecule has 0 heterocycles. The predicted octanol–water partition coefficient (Wildman–Crippen LogP) is 3.01. The lowest BCUT2D eigenvalue weighted by Crippen LogP contribution is -2.32. The third-order valence-corrected chi connectivity index (χ3v) is 3.13. The van der Waals surface area contributed by atoms with E-state index in [-0.39, 0.29) is 17.7 Å². The first-order valence-electron chi connectivity index (χ1n) is 5.11. The molecule has 0 bridgehead atoms. The highest BCUT2D eigenvalue weighted by Gasteiger charge is 2.20. The molecule has 2 unspecified atom stereocenters. The van der Waals surface area contributed by atoms with Crippen LogP contribution in [0.4, 0.5) is 0 Å². The van der Waals surface area contributed by atoms with Crippen LogP contribution in [0.25, 0.3) is 0 Å². The van der Waals surface area contributed by atoms with E-state index in [9.17, 15) is 4.79 Å². The van der Waals surface area contributed by atoms with Gasteiger partial charge in [-0.15, -0.1) is 0 Å². The van der Waals surface area contributed by atoms with Crippen LogP contribution in [0.15, 0.2) is 28.7 Å². The molecule has 1 aromatic rings. The summed E-state index contributed by atoms with van der Waals surface area (Å²) in [6, 6.07) is 7.37. The summed E-state index contributed by atoms with van der Waals surface area (Å²) >= 11 is 3.35. The number of ketones is 1. The number of carbonyl (C=O) groups is 1. The monoisotopic (exact) mass is 269 g/mol. The average Bonchev–Trinajstić information content (AvgIpc) is 2.26. The molecule has 0 aliphatic carbocycles. The molecule has 0 amide bonds. The van der Waals surface area contributed by atoms with Crippen LogP contribution in [0, 0.1) is 5.92 Å². The van der Waals surface area contributed by atoms with Crippen molar-refractivity contribution in [1.82, 2.24) is 0 Å². The zero-order valence-corrected chi connectivity index (χ0v) is 10.6. The van der Waals surface area contributed by atoms with Crippen molar-refractivity contribution in [3.63, 3.8) is 0 Å². The number of hydrogen-bond donors (Lipinski definition) is 1. The summed E-state index contributed by atoms with van der Waals surface area (Å²) in [5.41, 5.74) is 6.58. The molecule has 82 valence electrons.